The van der Waals surface area contributed by atoms with Crippen LogP contribution < -0.4 is 20.4 Å². The van der Waals surface area contributed by atoms with Gasteiger partial charge in [-0.1, -0.05) is 4.57 Å². The first-order valence-electron chi connectivity index (χ1n) is 3.18. The quantitative estimate of drug-likeness (QED) is 0.281. The topological polar surface area (TPSA) is 96.4 Å². The third-order valence-electron chi connectivity index (χ3n) is 0.577. The molecule has 0 spiro atoms. The Bertz CT molecular complexity index is 81.0. The highest BCUT2D eigenvalue weighted by molar-refractivity contribution is 7.27. The van der Waals surface area contributed by atoms with Crippen LogP contribution in [0, 0.1) is 0 Å². The Labute approximate surface area is 60.4 Å². The molecule has 2 fully saturated rings. The Morgan fingerprint density at radius 3 is 1.10 bits per heavy atom. The van der Waals surface area contributed by atoms with Crippen LogP contribution in [-0.4, -0.2) is 26.2 Å². The third-order valence-corrected chi connectivity index (χ3v) is 0.577. The zero-order valence-electron chi connectivity index (χ0n) is 5.66. The van der Waals surface area contributed by atoms with E-state index in [9.17, 15) is 0 Å². The van der Waals surface area contributed by atoms with Gasteiger partial charge in [-0.3, -0.25) is 0 Å². The smallest absolute Gasteiger partial charge is 0.276 e. The van der Waals surface area contributed by atoms with Crippen LogP contribution in [-0.2, 0) is 4.57 Å². The van der Waals surface area contributed by atoms with Gasteiger partial charge in [-0.05, 0) is 0 Å². The average molecular weight is 167 g/mol. The molecular formula is C4H12N2O3P+. The van der Waals surface area contributed by atoms with E-state index in [-0.39, 0.29) is 0 Å². The molecule has 2 aliphatic rings. The van der Waals surface area contributed by atoms with Crippen LogP contribution in [0.3, 0.4) is 0 Å². The van der Waals surface area contributed by atoms with Crippen molar-refractivity contribution >= 4 is 8.25 Å². The van der Waals surface area contributed by atoms with E-state index >= 15 is 0 Å². The molecule has 6 heteroatoms. The van der Waals surface area contributed by atoms with Crippen molar-refractivity contribution in [1.29, 1.82) is 0 Å². The Balaban J connectivity index is 0.000000122. The highest BCUT2D eigenvalue weighted by Crippen LogP contribution is 1.79. The van der Waals surface area contributed by atoms with E-state index in [1.165, 1.54) is 26.2 Å². The second kappa shape index (κ2) is 7.05. The minimum Gasteiger partial charge on any atom is -0.598 e. The maximum Gasteiger partial charge on any atom is 0.276 e. The van der Waals surface area contributed by atoms with Crippen LogP contribution in [0.2, 0.25) is 0 Å². The normalized spacial score (nSPS) is 17.0. The van der Waals surface area contributed by atoms with E-state index in [0.29, 0.717) is 0 Å². The van der Waals surface area contributed by atoms with Gasteiger partial charge in [0.2, 0.25) is 0 Å². The molecule has 0 aromatic heterocycles. The summed E-state index contributed by atoms with van der Waals surface area (Å²) in [6, 6.07) is 0. The van der Waals surface area contributed by atoms with E-state index < -0.39 is 8.25 Å². The molecule has 2 aliphatic heterocycles. The van der Waals surface area contributed by atoms with E-state index in [2.05, 4.69) is 10.6 Å². The second-order valence-corrected chi connectivity index (χ2v) is 2.40. The summed E-state index contributed by atoms with van der Waals surface area (Å²) >= 11 is 0. The minimum absolute atomic E-state index is 1.38. The maximum absolute atomic E-state index is 8.48. The van der Waals surface area contributed by atoms with Crippen molar-refractivity contribution in [3.05, 3.63) is 0 Å². The zero-order valence-corrected chi connectivity index (χ0v) is 6.55. The second-order valence-electron chi connectivity index (χ2n) is 1.96. The van der Waals surface area contributed by atoms with E-state index in [4.69, 9.17) is 14.4 Å². The summed E-state index contributed by atoms with van der Waals surface area (Å²) in [4.78, 5) is 17.0. The number of hydrogen-bond donors (Lipinski definition) is 2. The summed E-state index contributed by atoms with van der Waals surface area (Å²) in [5.74, 6) is 0. The summed E-state index contributed by atoms with van der Waals surface area (Å²) in [7, 11) is -3.37. The van der Waals surface area contributed by atoms with Crippen molar-refractivity contribution in [1.82, 2.24) is 0 Å². The van der Waals surface area contributed by atoms with Gasteiger partial charge in [0.05, 0.1) is 0 Å². The van der Waals surface area contributed by atoms with E-state index in [1.54, 1.807) is 0 Å². The van der Waals surface area contributed by atoms with Crippen molar-refractivity contribution in [2.75, 3.05) is 26.2 Å². The Morgan fingerprint density at radius 1 is 1.00 bits per heavy atom. The summed E-state index contributed by atoms with van der Waals surface area (Å²) in [5.41, 5.74) is 0. The summed E-state index contributed by atoms with van der Waals surface area (Å²) in [6.07, 6.45) is 0. The first-order valence-corrected chi connectivity index (χ1v) is 4.28. The van der Waals surface area contributed by atoms with Crippen molar-refractivity contribution in [2.45, 2.75) is 0 Å². The fraction of sp³-hybridized carbons (Fsp3) is 1.00. The third kappa shape index (κ3) is 102. The van der Waals surface area contributed by atoms with E-state index in [0.717, 1.165) is 0 Å². The Morgan fingerprint density at radius 2 is 1.10 bits per heavy atom. The Kier molecular flexibility index (Phi) is 7.01. The maximum atomic E-state index is 8.48. The van der Waals surface area contributed by atoms with Crippen molar-refractivity contribution < 1.29 is 25.0 Å². The summed E-state index contributed by atoms with van der Waals surface area (Å²) < 4.78 is 8.48. The fourth-order valence-corrected chi connectivity index (χ4v) is 0. The van der Waals surface area contributed by atoms with Crippen LogP contribution in [0.1, 0.15) is 0 Å². The lowest BCUT2D eigenvalue weighted by Crippen LogP contribution is -2.55. The molecule has 0 saturated carbocycles. The molecule has 60 valence electrons. The molecule has 0 aromatic carbocycles. The SMILES string of the molecule is C1C[NH2+]1.C1C[NH2+]1.O=[P+]([O-])[O-]. The van der Waals surface area contributed by atoms with Crippen LogP contribution in [0.5, 0.6) is 0 Å². The fourth-order valence-electron chi connectivity index (χ4n) is 0. The first-order chi connectivity index (χ1) is 4.73. The largest absolute Gasteiger partial charge is 0.598 e. The lowest BCUT2D eigenvalue weighted by Gasteiger charge is -1.75. The molecule has 0 unspecified atom stereocenters. The average Bonchev–Trinajstić information content (AvgIpc) is 2.62. The number of rotatable bonds is 0. The standard InChI is InChI=1S/2C2H5N.HO3P/c2*1-2-3-1;1-4(2)3/h2*3H,1-2H2;(H,1,2,3)/p+1. The summed E-state index contributed by atoms with van der Waals surface area (Å²) in [6.45, 7) is 5.50. The molecule has 0 bridgehead atoms. The predicted molar refractivity (Wildman–Crippen MR) is 30.9 cm³/mol. The Hall–Kier alpha value is -0.0600. The molecular weight excluding hydrogens is 155 g/mol. The zero-order chi connectivity index (χ0) is 7.82. The van der Waals surface area contributed by atoms with Gasteiger partial charge in [0.1, 0.15) is 26.2 Å². The number of quaternary nitrogens is 2. The predicted octanol–water partition coefficient (Wildman–Crippen LogP) is -4.51. The van der Waals surface area contributed by atoms with Gasteiger partial charge in [0.25, 0.3) is 8.25 Å². The molecule has 0 aromatic rings. The monoisotopic (exact) mass is 167 g/mol. The molecule has 2 heterocycles. The lowest BCUT2D eigenvalue weighted by atomic mass is 11.0. The van der Waals surface area contributed by atoms with Crippen molar-refractivity contribution in [3.8, 4) is 0 Å². The van der Waals surface area contributed by atoms with Crippen LogP contribution in [0.25, 0.3) is 0 Å². The number of hydrogen-bond acceptors (Lipinski definition) is 3. The van der Waals surface area contributed by atoms with Crippen molar-refractivity contribution in [2.24, 2.45) is 0 Å². The van der Waals surface area contributed by atoms with Gasteiger partial charge in [0.15, 0.2) is 0 Å². The highest BCUT2D eigenvalue weighted by Gasteiger charge is 1.99. The van der Waals surface area contributed by atoms with Gasteiger partial charge < -0.3 is 20.4 Å². The molecule has 5 nitrogen and oxygen atoms in total. The molecule has 10 heavy (non-hydrogen) atoms. The van der Waals surface area contributed by atoms with Crippen molar-refractivity contribution in [3.63, 3.8) is 0 Å². The molecule has 2 rings (SSSR count). The lowest BCUT2D eigenvalue weighted by molar-refractivity contribution is -0.473. The molecule has 0 radical (unpaired) electrons. The van der Waals surface area contributed by atoms with Gasteiger partial charge in [-0.2, -0.15) is 0 Å². The molecule has 0 atom stereocenters. The highest BCUT2D eigenvalue weighted by atomic mass is 31.1. The van der Waals surface area contributed by atoms with Crippen LogP contribution in [0.15, 0.2) is 0 Å². The molecule has 2 saturated heterocycles. The summed E-state index contributed by atoms with van der Waals surface area (Å²) in [5, 5.41) is 4.50. The van der Waals surface area contributed by atoms with Crippen LogP contribution >= 0.6 is 8.25 Å². The minimum atomic E-state index is -3.37. The number of nitrogens with two attached hydrogens (primary N) is 2. The van der Waals surface area contributed by atoms with Gasteiger partial charge in [-0.25, -0.2) is 0 Å². The first kappa shape index (κ1) is 9.94. The molecule has 0 aliphatic carbocycles. The van der Waals surface area contributed by atoms with Crippen LogP contribution in [0.4, 0.5) is 0 Å². The van der Waals surface area contributed by atoms with Gasteiger partial charge in [0, 0.05) is 0 Å². The molecule has 0 amide bonds. The van der Waals surface area contributed by atoms with E-state index in [1.807, 2.05) is 0 Å². The molecule has 4 N–H and O–H groups in total. The van der Waals surface area contributed by atoms with Gasteiger partial charge >= 0.3 is 0 Å². The van der Waals surface area contributed by atoms with Gasteiger partial charge in [-0.15, -0.1) is 0 Å².